The minimum absolute atomic E-state index is 0.0365. The molecule has 0 atom stereocenters. The van der Waals surface area contributed by atoms with Crippen molar-refractivity contribution >= 4 is 17.2 Å². The van der Waals surface area contributed by atoms with E-state index in [-0.39, 0.29) is 5.56 Å². The lowest BCUT2D eigenvalue weighted by Crippen LogP contribution is -2.35. The Bertz CT molecular complexity index is 1610. The van der Waals surface area contributed by atoms with Gasteiger partial charge in [-0.25, -0.2) is 9.78 Å². The molecule has 0 amide bonds. The van der Waals surface area contributed by atoms with Crippen LogP contribution in [0.4, 0.5) is 0 Å². The fraction of sp³-hybridized carbons (Fsp3) is 0.406. The van der Waals surface area contributed by atoms with E-state index in [1.54, 1.807) is 0 Å². The van der Waals surface area contributed by atoms with E-state index in [0.29, 0.717) is 25.2 Å². The van der Waals surface area contributed by atoms with E-state index in [1.165, 1.54) is 19.3 Å². The van der Waals surface area contributed by atoms with Crippen LogP contribution in [0.5, 0.6) is 0 Å². The van der Waals surface area contributed by atoms with E-state index in [4.69, 9.17) is 21.7 Å². The summed E-state index contributed by atoms with van der Waals surface area (Å²) in [6, 6.07) is 15.9. The number of likely N-dealkylation sites (tertiary alicyclic amines) is 1. The van der Waals surface area contributed by atoms with Crippen LogP contribution in [0.2, 0.25) is 0 Å². The highest BCUT2D eigenvalue weighted by Gasteiger charge is 2.18. The molecule has 41 heavy (non-hydrogen) atoms. The molecule has 3 heterocycles. The number of H-pyrrole nitrogens is 1. The van der Waals surface area contributed by atoms with Crippen LogP contribution in [-0.2, 0) is 19.4 Å². The van der Waals surface area contributed by atoms with Crippen LogP contribution in [-0.4, -0.2) is 42.7 Å². The molecular weight excluding hydrogens is 534 g/mol. The third kappa shape index (κ3) is 6.73. The Morgan fingerprint density at radius 3 is 2.41 bits per heavy atom. The molecule has 9 heteroatoms. The minimum Gasteiger partial charge on any atom is -0.366 e. The predicted molar refractivity (Wildman–Crippen MR) is 165 cm³/mol. The summed E-state index contributed by atoms with van der Waals surface area (Å²) < 4.78 is 6.57. The summed E-state index contributed by atoms with van der Waals surface area (Å²) in [6.45, 7) is 6.60. The van der Waals surface area contributed by atoms with Crippen molar-refractivity contribution in [3.63, 3.8) is 0 Å². The van der Waals surface area contributed by atoms with Gasteiger partial charge in [-0.1, -0.05) is 79.3 Å². The van der Waals surface area contributed by atoms with Crippen molar-refractivity contribution in [3.05, 3.63) is 92.1 Å². The molecular formula is C32H37N5O3S. The highest BCUT2D eigenvalue weighted by molar-refractivity contribution is 7.80. The van der Waals surface area contributed by atoms with Crippen LogP contribution >= 0.6 is 12.2 Å². The first-order valence-corrected chi connectivity index (χ1v) is 15.0. The van der Waals surface area contributed by atoms with Crippen molar-refractivity contribution < 1.29 is 4.52 Å². The van der Waals surface area contributed by atoms with Gasteiger partial charge in [-0.3, -0.25) is 18.9 Å². The van der Waals surface area contributed by atoms with Gasteiger partial charge in [0.25, 0.3) is 5.56 Å². The van der Waals surface area contributed by atoms with Gasteiger partial charge >= 0.3 is 5.76 Å². The van der Waals surface area contributed by atoms with Gasteiger partial charge in [0.05, 0.1) is 11.5 Å². The normalized spacial score (nSPS) is 13.5. The van der Waals surface area contributed by atoms with Crippen molar-refractivity contribution in [2.45, 2.75) is 71.8 Å². The number of rotatable bonds is 10. The molecule has 0 bridgehead atoms. The summed E-state index contributed by atoms with van der Waals surface area (Å²) in [4.78, 5) is 36.2. The van der Waals surface area contributed by atoms with Crippen LogP contribution < -0.4 is 11.3 Å². The number of unbranched alkanes of at least 4 members (excludes halogenated alkanes) is 1. The maximum Gasteiger partial charge on any atom is 0.439 e. The topological polar surface area (TPSA) is 97.0 Å². The van der Waals surface area contributed by atoms with Crippen molar-refractivity contribution in [1.82, 2.24) is 24.6 Å². The molecule has 4 aromatic rings. The maximum absolute atomic E-state index is 13.9. The fourth-order valence-corrected chi connectivity index (χ4v) is 5.81. The Labute approximate surface area is 245 Å². The summed E-state index contributed by atoms with van der Waals surface area (Å²) in [7, 11) is 0. The van der Waals surface area contributed by atoms with Crippen LogP contribution in [0.1, 0.15) is 68.1 Å². The number of thiocarbonyl (C=S) groups is 1. The number of hydrogen-bond acceptors (Lipinski definition) is 6. The quantitative estimate of drug-likeness (QED) is 0.244. The molecule has 214 valence electrons. The first-order chi connectivity index (χ1) is 19.9. The van der Waals surface area contributed by atoms with Crippen molar-refractivity contribution in [1.29, 1.82) is 0 Å². The van der Waals surface area contributed by atoms with Gasteiger partial charge < -0.3 is 4.90 Å². The standard InChI is InChI=1S/C32H37N5O3S/c1-3-4-12-28-33-22(2)25(17-18-29(41)36-19-8-5-9-20-36)31(38)37(28)21-23-13-15-24(16-14-23)26-10-6-7-11-27(26)30-34-32(39)40-35-30/h6-7,10-11,13-16H,3-5,8-9,12,17-21H2,1-2H3,(H,34,35,39). The average Bonchev–Trinajstić information content (AvgIpc) is 3.44. The van der Waals surface area contributed by atoms with Crippen molar-refractivity contribution in [2.24, 2.45) is 0 Å². The monoisotopic (exact) mass is 571 g/mol. The van der Waals surface area contributed by atoms with Crippen LogP contribution in [0.15, 0.2) is 62.6 Å². The van der Waals surface area contributed by atoms with E-state index >= 15 is 0 Å². The summed E-state index contributed by atoms with van der Waals surface area (Å²) in [5.74, 6) is 0.634. The average molecular weight is 572 g/mol. The Hall–Kier alpha value is -3.85. The van der Waals surface area contributed by atoms with Gasteiger partial charge in [0, 0.05) is 42.8 Å². The Morgan fingerprint density at radius 1 is 1.00 bits per heavy atom. The second kappa shape index (κ2) is 13.2. The molecule has 1 N–H and O–H groups in total. The number of hydrogen-bond donors (Lipinski definition) is 1. The maximum atomic E-state index is 13.9. The van der Waals surface area contributed by atoms with Gasteiger partial charge in [0.15, 0.2) is 5.82 Å². The predicted octanol–water partition coefficient (Wildman–Crippen LogP) is 5.70. The summed E-state index contributed by atoms with van der Waals surface area (Å²) in [6.07, 6.45) is 7.72. The minimum atomic E-state index is -0.589. The molecule has 0 aliphatic carbocycles. The number of aromatic amines is 1. The number of piperidine rings is 1. The number of nitrogens with one attached hydrogen (secondary N) is 1. The van der Waals surface area contributed by atoms with Crippen molar-refractivity contribution in [2.75, 3.05) is 13.1 Å². The zero-order valence-corrected chi connectivity index (χ0v) is 24.6. The first kappa shape index (κ1) is 28.7. The van der Waals surface area contributed by atoms with E-state index in [2.05, 4.69) is 22.0 Å². The zero-order valence-electron chi connectivity index (χ0n) is 23.8. The van der Waals surface area contributed by atoms with Gasteiger partial charge in [-0.05, 0) is 55.7 Å². The molecule has 2 aromatic heterocycles. The lowest BCUT2D eigenvalue weighted by Gasteiger charge is -2.29. The molecule has 0 spiro atoms. The van der Waals surface area contributed by atoms with Gasteiger partial charge in [-0.15, -0.1) is 0 Å². The van der Waals surface area contributed by atoms with Gasteiger partial charge in [-0.2, -0.15) is 0 Å². The SMILES string of the molecule is CCCCc1nc(C)c(CCC(=S)N2CCCCC2)c(=O)n1Cc1ccc(-c2ccccc2-c2noc(=O)[nH]2)cc1. The van der Waals surface area contributed by atoms with E-state index < -0.39 is 5.76 Å². The number of aromatic nitrogens is 4. The lowest BCUT2D eigenvalue weighted by atomic mass is 9.98. The van der Waals surface area contributed by atoms with Gasteiger partial charge in [0.2, 0.25) is 0 Å². The number of nitrogens with zero attached hydrogens (tertiary/aromatic N) is 4. The molecule has 2 aromatic carbocycles. The van der Waals surface area contributed by atoms with E-state index in [1.807, 2.05) is 60.0 Å². The molecule has 1 aliphatic rings. The molecule has 0 saturated carbocycles. The number of benzene rings is 2. The first-order valence-electron chi connectivity index (χ1n) is 14.6. The molecule has 5 rings (SSSR count). The molecule has 8 nitrogen and oxygen atoms in total. The highest BCUT2D eigenvalue weighted by atomic mass is 32.1. The second-order valence-corrected chi connectivity index (χ2v) is 11.2. The largest absolute Gasteiger partial charge is 0.439 e. The fourth-order valence-electron chi connectivity index (χ4n) is 5.53. The molecule has 0 unspecified atom stereocenters. The van der Waals surface area contributed by atoms with Crippen LogP contribution in [0.25, 0.3) is 22.5 Å². The van der Waals surface area contributed by atoms with Crippen LogP contribution in [0, 0.1) is 6.92 Å². The summed E-state index contributed by atoms with van der Waals surface area (Å²) in [5, 5.41) is 3.86. The number of aryl methyl sites for hydroxylation is 2. The lowest BCUT2D eigenvalue weighted by molar-refractivity contribution is 0.342. The Balaban J connectivity index is 1.40. The highest BCUT2D eigenvalue weighted by Crippen LogP contribution is 2.30. The third-order valence-corrected chi connectivity index (χ3v) is 8.29. The second-order valence-electron chi connectivity index (χ2n) is 10.7. The molecule has 0 radical (unpaired) electrons. The molecule has 1 fully saturated rings. The zero-order chi connectivity index (χ0) is 28.8. The van der Waals surface area contributed by atoms with Crippen molar-refractivity contribution in [3.8, 4) is 22.5 Å². The Morgan fingerprint density at radius 2 is 1.73 bits per heavy atom. The summed E-state index contributed by atoms with van der Waals surface area (Å²) in [5.41, 5.74) is 5.30. The van der Waals surface area contributed by atoms with Gasteiger partial charge in [0.1, 0.15) is 5.82 Å². The van der Waals surface area contributed by atoms with E-state index in [9.17, 15) is 9.59 Å². The third-order valence-electron chi connectivity index (χ3n) is 7.83. The Kier molecular flexibility index (Phi) is 9.24. The molecule has 1 saturated heterocycles. The smallest absolute Gasteiger partial charge is 0.366 e. The summed E-state index contributed by atoms with van der Waals surface area (Å²) >= 11 is 5.74. The van der Waals surface area contributed by atoms with Crippen LogP contribution in [0.3, 0.4) is 0 Å². The molecule has 1 aliphatic heterocycles. The van der Waals surface area contributed by atoms with E-state index in [0.717, 1.165) is 76.7 Å².